The minimum absolute atomic E-state index is 0.0321. The summed E-state index contributed by atoms with van der Waals surface area (Å²) < 4.78 is 6.10. The third-order valence-corrected chi connectivity index (χ3v) is 5.54. The van der Waals surface area contributed by atoms with Crippen molar-refractivity contribution in [3.8, 4) is 5.69 Å². The normalized spacial score (nSPS) is 13.8. The van der Waals surface area contributed by atoms with Crippen molar-refractivity contribution in [1.29, 1.82) is 0 Å². The summed E-state index contributed by atoms with van der Waals surface area (Å²) in [6.45, 7) is 4.54. The summed E-state index contributed by atoms with van der Waals surface area (Å²) in [6, 6.07) is 6.84. The van der Waals surface area contributed by atoms with Gasteiger partial charge in [0.2, 0.25) is 0 Å². The van der Waals surface area contributed by atoms with Gasteiger partial charge in [0.25, 0.3) is 5.56 Å². The molecule has 1 aliphatic heterocycles. The van der Waals surface area contributed by atoms with Crippen LogP contribution in [0.2, 0.25) is 10.0 Å². The van der Waals surface area contributed by atoms with E-state index in [1.54, 1.807) is 37.4 Å². The first-order valence-corrected chi connectivity index (χ1v) is 10.5. The van der Waals surface area contributed by atoms with Gasteiger partial charge in [-0.15, -0.1) is 0 Å². The number of aromatic nitrogens is 2. The van der Waals surface area contributed by atoms with E-state index in [9.17, 15) is 9.59 Å². The number of anilines is 1. The number of esters is 1. The summed E-state index contributed by atoms with van der Waals surface area (Å²) in [5.41, 5.74) is 0.708. The lowest BCUT2D eigenvalue weighted by molar-refractivity contribution is -0.141. The SMILES string of the molecule is CCOC(=O)CNC(=S)N1CCN(c2cnn(-c3cccc(Cl)c3)c(=O)c2Cl)CC1. The zero-order valence-electron chi connectivity index (χ0n) is 16.3. The van der Waals surface area contributed by atoms with Crippen molar-refractivity contribution in [3.63, 3.8) is 0 Å². The van der Waals surface area contributed by atoms with Gasteiger partial charge in [-0.05, 0) is 37.3 Å². The van der Waals surface area contributed by atoms with Gasteiger partial charge in [0.1, 0.15) is 11.6 Å². The number of halogens is 2. The van der Waals surface area contributed by atoms with Crippen molar-refractivity contribution in [2.24, 2.45) is 0 Å². The number of nitrogens with one attached hydrogen (secondary N) is 1. The molecule has 0 saturated carbocycles. The molecule has 1 aromatic carbocycles. The van der Waals surface area contributed by atoms with Gasteiger partial charge in [-0.1, -0.05) is 29.3 Å². The highest BCUT2D eigenvalue weighted by molar-refractivity contribution is 7.80. The summed E-state index contributed by atoms with van der Waals surface area (Å²) in [7, 11) is 0. The Labute approximate surface area is 189 Å². The molecule has 0 amide bonds. The van der Waals surface area contributed by atoms with E-state index in [1.165, 1.54) is 4.68 Å². The molecule has 3 rings (SSSR count). The predicted molar refractivity (Wildman–Crippen MR) is 121 cm³/mol. The third-order valence-electron chi connectivity index (χ3n) is 4.55. The van der Waals surface area contributed by atoms with Gasteiger partial charge in [0, 0.05) is 31.2 Å². The molecule has 2 heterocycles. The number of thiocarbonyl (C=S) groups is 1. The number of carbonyl (C=O) groups excluding carboxylic acids is 1. The smallest absolute Gasteiger partial charge is 0.325 e. The van der Waals surface area contributed by atoms with Crippen molar-refractivity contribution >= 4 is 52.2 Å². The van der Waals surface area contributed by atoms with E-state index < -0.39 is 5.56 Å². The Hall–Kier alpha value is -2.36. The second-order valence-corrected chi connectivity index (χ2v) is 7.68. The maximum absolute atomic E-state index is 12.7. The van der Waals surface area contributed by atoms with E-state index in [0.717, 1.165) is 0 Å². The highest BCUT2D eigenvalue weighted by Crippen LogP contribution is 2.23. The van der Waals surface area contributed by atoms with Crippen molar-refractivity contribution in [1.82, 2.24) is 20.0 Å². The van der Waals surface area contributed by atoms with E-state index in [0.29, 0.717) is 54.3 Å². The zero-order chi connectivity index (χ0) is 21.7. The minimum atomic E-state index is -0.412. The number of hydrogen-bond acceptors (Lipinski definition) is 6. The highest BCUT2D eigenvalue weighted by Gasteiger charge is 2.23. The molecule has 0 spiro atoms. The first kappa shape index (κ1) is 22.3. The molecular formula is C19H21Cl2N5O3S. The van der Waals surface area contributed by atoms with Gasteiger partial charge in [-0.25, -0.2) is 0 Å². The number of hydrogen-bond donors (Lipinski definition) is 1. The third kappa shape index (κ3) is 5.21. The summed E-state index contributed by atoms with van der Waals surface area (Å²) in [5, 5.41) is 8.26. The highest BCUT2D eigenvalue weighted by atomic mass is 35.5. The standard InChI is InChI=1S/C19H21Cl2N5O3S/c1-2-29-16(27)12-22-19(30)25-8-6-24(7-9-25)15-11-23-26(18(28)17(15)21)14-5-3-4-13(20)10-14/h3-5,10-11H,2,6-9,12H2,1H3,(H,22,30). The van der Waals surface area contributed by atoms with Crippen LogP contribution in [-0.4, -0.2) is 65.1 Å². The molecule has 160 valence electrons. The lowest BCUT2D eigenvalue weighted by atomic mass is 10.3. The van der Waals surface area contributed by atoms with E-state index in [2.05, 4.69) is 10.4 Å². The largest absolute Gasteiger partial charge is 0.465 e. The fourth-order valence-corrected chi connectivity index (χ4v) is 3.75. The summed E-state index contributed by atoms with van der Waals surface area (Å²) in [4.78, 5) is 28.1. The Morgan fingerprint density at radius 3 is 2.67 bits per heavy atom. The molecule has 1 N–H and O–H groups in total. The van der Waals surface area contributed by atoms with Crippen LogP contribution in [-0.2, 0) is 9.53 Å². The van der Waals surface area contributed by atoms with Crippen LogP contribution in [0.25, 0.3) is 5.69 Å². The molecule has 0 aliphatic carbocycles. The molecule has 1 saturated heterocycles. The summed E-state index contributed by atoms with van der Waals surface area (Å²) in [5.74, 6) is -0.350. The van der Waals surface area contributed by atoms with Crippen LogP contribution in [0, 0.1) is 0 Å². The first-order chi connectivity index (χ1) is 14.4. The predicted octanol–water partition coefficient (Wildman–Crippen LogP) is 2.10. The number of piperazine rings is 1. The fourth-order valence-electron chi connectivity index (χ4n) is 3.06. The summed E-state index contributed by atoms with van der Waals surface area (Å²) in [6.07, 6.45) is 1.58. The average Bonchev–Trinajstić information content (AvgIpc) is 2.74. The Morgan fingerprint density at radius 2 is 2.00 bits per heavy atom. The maximum Gasteiger partial charge on any atom is 0.325 e. The van der Waals surface area contributed by atoms with E-state index in [4.69, 9.17) is 40.2 Å². The van der Waals surface area contributed by atoms with Crippen LogP contribution in [0.3, 0.4) is 0 Å². The molecule has 0 bridgehead atoms. The Bertz CT molecular complexity index is 992. The number of carbonyl (C=O) groups is 1. The Balaban J connectivity index is 1.64. The van der Waals surface area contributed by atoms with E-state index in [1.807, 2.05) is 9.80 Å². The molecule has 0 atom stereocenters. The lowest BCUT2D eigenvalue weighted by Crippen LogP contribution is -2.52. The maximum atomic E-state index is 12.7. The Morgan fingerprint density at radius 1 is 1.27 bits per heavy atom. The second-order valence-electron chi connectivity index (χ2n) is 6.48. The van der Waals surface area contributed by atoms with Gasteiger partial charge in [-0.2, -0.15) is 9.78 Å². The van der Waals surface area contributed by atoms with Crippen LogP contribution in [0.15, 0.2) is 35.3 Å². The quantitative estimate of drug-likeness (QED) is 0.526. The van der Waals surface area contributed by atoms with E-state index >= 15 is 0 Å². The van der Waals surface area contributed by atoms with Gasteiger partial charge in [0.05, 0.1) is 24.2 Å². The lowest BCUT2D eigenvalue weighted by Gasteiger charge is -2.37. The Kier molecular flexibility index (Phi) is 7.52. The molecular weight excluding hydrogens is 449 g/mol. The fraction of sp³-hybridized carbons (Fsp3) is 0.368. The van der Waals surface area contributed by atoms with Gasteiger partial charge >= 0.3 is 5.97 Å². The topological polar surface area (TPSA) is 79.7 Å². The van der Waals surface area contributed by atoms with Crippen LogP contribution in [0.4, 0.5) is 5.69 Å². The van der Waals surface area contributed by atoms with Crippen molar-refractivity contribution in [2.45, 2.75) is 6.92 Å². The first-order valence-electron chi connectivity index (χ1n) is 9.37. The van der Waals surface area contributed by atoms with Crippen LogP contribution in [0.1, 0.15) is 6.92 Å². The summed E-state index contributed by atoms with van der Waals surface area (Å²) >= 11 is 17.7. The van der Waals surface area contributed by atoms with Crippen molar-refractivity contribution < 1.29 is 9.53 Å². The minimum Gasteiger partial charge on any atom is -0.465 e. The number of benzene rings is 1. The van der Waals surface area contributed by atoms with Crippen molar-refractivity contribution in [3.05, 3.63) is 50.9 Å². The number of rotatable bonds is 5. The zero-order valence-corrected chi connectivity index (χ0v) is 18.6. The van der Waals surface area contributed by atoms with Gasteiger partial charge < -0.3 is 19.9 Å². The molecule has 0 radical (unpaired) electrons. The molecule has 1 aliphatic rings. The molecule has 11 heteroatoms. The second kappa shape index (κ2) is 10.1. The van der Waals surface area contributed by atoms with Gasteiger partial charge in [0.15, 0.2) is 5.11 Å². The van der Waals surface area contributed by atoms with Crippen molar-refractivity contribution in [2.75, 3.05) is 44.2 Å². The number of ether oxygens (including phenoxy) is 1. The van der Waals surface area contributed by atoms with E-state index in [-0.39, 0.29) is 17.5 Å². The molecule has 8 nitrogen and oxygen atoms in total. The molecule has 1 fully saturated rings. The molecule has 2 aromatic rings. The van der Waals surface area contributed by atoms with Crippen LogP contribution in [0.5, 0.6) is 0 Å². The molecule has 30 heavy (non-hydrogen) atoms. The molecule has 1 aromatic heterocycles. The van der Waals surface area contributed by atoms with Crippen LogP contribution < -0.4 is 15.8 Å². The number of nitrogens with zero attached hydrogens (tertiary/aromatic N) is 4. The molecule has 0 unspecified atom stereocenters. The average molecular weight is 470 g/mol. The van der Waals surface area contributed by atoms with Crippen LogP contribution >= 0.6 is 35.4 Å². The van der Waals surface area contributed by atoms with Gasteiger partial charge in [-0.3, -0.25) is 9.59 Å². The monoisotopic (exact) mass is 469 g/mol.